The van der Waals surface area contributed by atoms with Crippen LogP contribution in [0.2, 0.25) is 0 Å². The fourth-order valence-electron chi connectivity index (χ4n) is 4.95. The summed E-state index contributed by atoms with van der Waals surface area (Å²) in [4.78, 5) is 45.1. The van der Waals surface area contributed by atoms with Crippen molar-refractivity contribution in [2.45, 2.75) is 33.7 Å². The lowest BCUT2D eigenvalue weighted by molar-refractivity contribution is -0.385. The second-order valence-electron chi connectivity index (χ2n) is 10.2. The number of allylic oxidation sites excluding steroid dienone is 1. The largest absolute Gasteiger partial charge is 0.463 e. The molecule has 0 amide bonds. The average Bonchev–Trinajstić information content (AvgIpc) is 3.53. The number of carbonyl (C=O) groups is 1. The minimum atomic E-state index is -0.720. The number of carbonyl (C=O) groups excluding carboxylic acids is 1. The van der Waals surface area contributed by atoms with Crippen molar-refractivity contribution in [1.82, 2.24) is 4.57 Å². The Bertz CT molecular complexity index is 1930. The summed E-state index contributed by atoms with van der Waals surface area (Å²) < 4.78 is 13.3. The molecule has 11 heteroatoms. The summed E-state index contributed by atoms with van der Waals surface area (Å²) in [5.41, 5.74) is 4.16. The molecule has 0 radical (unpaired) electrons. The Balaban J connectivity index is 1.62. The smallest absolute Gasteiger partial charge is 0.338 e. The Kier molecular flexibility index (Phi) is 7.70. The lowest BCUT2D eigenvalue weighted by atomic mass is 9.95. The van der Waals surface area contributed by atoms with Crippen LogP contribution < -0.4 is 19.8 Å². The van der Waals surface area contributed by atoms with Crippen molar-refractivity contribution < 1.29 is 18.9 Å². The summed E-state index contributed by atoms with van der Waals surface area (Å²) in [6.07, 6.45) is 1.62. The first kappa shape index (κ1) is 28.7. The molecule has 2 aromatic heterocycles. The van der Waals surface area contributed by atoms with Gasteiger partial charge in [-0.3, -0.25) is 19.5 Å². The van der Waals surface area contributed by atoms with E-state index in [0.717, 1.165) is 16.8 Å². The molecule has 1 atom stereocenters. The van der Waals surface area contributed by atoms with Gasteiger partial charge in [-0.15, -0.1) is 0 Å². The molecule has 0 unspecified atom stereocenters. The minimum Gasteiger partial charge on any atom is -0.463 e. The quantitative estimate of drug-likeness (QED) is 0.176. The number of nitro benzene ring substituents is 1. The molecule has 0 spiro atoms. The summed E-state index contributed by atoms with van der Waals surface area (Å²) in [6.45, 7) is 7.19. The highest BCUT2D eigenvalue weighted by molar-refractivity contribution is 7.07. The third-order valence-corrected chi connectivity index (χ3v) is 8.25. The number of hydrogen-bond acceptors (Lipinski definition) is 9. The van der Waals surface area contributed by atoms with E-state index in [1.807, 2.05) is 56.3 Å². The van der Waals surface area contributed by atoms with Crippen LogP contribution in [0.3, 0.4) is 0 Å². The highest BCUT2D eigenvalue weighted by atomic mass is 32.1. The summed E-state index contributed by atoms with van der Waals surface area (Å²) in [7, 11) is 3.88. The van der Waals surface area contributed by atoms with Gasteiger partial charge in [0.15, 0.2) is 4.80 Å². The van der Waals surface area contributed by atoms with E-state index in [4.69, 9.17) is 9.15 Å². The zero-order valence-electron chi connectivity index (χ0n) is 24.1. The number of thiazole rings is 1. The summed E-state index contributed by atoms with van der Waals surface area (Å²) in [5.74, 6) is 0.330. The highest BCUT2D eigenvalue weighted by Crippen LogP contribution is 2.33. The SMILES string of the molecule is CCOC(=O)C1=C(C)N=c2s/c(=C\c3ccc(-c4cc(C)c(C)c([N+](=O)[O-])c4)o3)c(=O)n2[C@H]1c1ccc(N(C)C)cc1. The number of benzene rings is 2. The number of furan rings is 1. The molecule has 42 heavy (non-hydrogen) atoms. The van der Waals surface area contributed by atoms with Gasteiger partial charge < -0.3 is 14.1 Å². The van der Waals surface area contributed by atoms with Crippen molar-refractivity contribution in [3.8, 4) is 11.3 Å². The summed E-state index contributed by atoms with van der Waals surface area (Å²) in [6, 6.07) is 13.7. The molecule has 10 nitrogen and oxygen atoms in total. The van der Waals surface area contributed by atoms with Gasteiger partial charge in [0.25, 0.3) is 11.2 Å². The molecular formula is C31H30N4O6S. The monoisotopic (exact) mass is 586 g/mol. The average molecular weight is 587 g/mol. The minimum absolute atomic E-state index is 0.0163. The van der Waals surface area contributed by atoms with Crippen LogP contribution in [0.4, 0.5) is 11.4 Å². The molecule has 1 aliphatic rings. The molecule has 4 aromatic rings. The maximum absolute atomic E-state index is 13.9. The molecule has 5 rings (SSSR count). The number of hydrogen-bond donors (Lipinski definition) is 0. The van der Waals surface area contributed by atoms with Crippen molar-refractivity contribution in [1.29, 1.82) is 0 Å². The van der Waals surface area contributed by atoms with Crippen LogP contribution in [-0.4, -0.2) is 36.2 Å². The second-order valence-corrected chi connectivity index (χ2v) is 11.2. The summed E-state index contributed by atoms with van der Waals surface area (Å²) in [5, 5.41) is 11.5. The van der Waals surface area contributed by atoms with Crippen LogP contribution in [0.15, 0.2) is 74.0 Å². The van der Waals surface area contributed by atoms with E-state index in [1.54, 1.807) is 39.0 Å². The molecular weight excluding hydrogens is 556 g/mol. The van der Waals surface area contributed by atoms with Gasteiger partial charge in [-0.1, -0.05) is 23.5 Å². The van der Waals surface area contributed by atoms with Crippen molar-refractivity contribution in [3.63, 3.8) is 0 Å². The maximum Gasteiger partial charge on any atom is 0.338 e. The number of ether oxygens (including phenoxy) is 1. The third-order valence-electron chi connectivity index (χ3n) is 7.26. The fraction of sp³-hybridized carbons (Fsp3) is 0.258. The van der Waals surface area contributed by atoms with E-state index in [9.17, 15) is 19.7 Å². The van der Waals surface area contributed by atoms with Crippen LogP contribution in [0.1, 0.15) is 42.3 Å². The van der Waals surface area contributed by atoms with Crippen LogP contribution in [-0.2, 0) is 9.53 Å². The molecule has 216 valence electrons. The molecule has 0 aliphatic carbocycles. The maximum atomic E-state index is 13.9. The number of aryl methyl sites for hydroxylation is 1. The highest BCUT2D eigenvalue weighted by Gasteiger charge is 2.33. The van der Waals surface area contributed by atoms with Gasteiger partial charge in [0.2, 0.25) is 0 Å². The Hall–Kier alpha value is -4.77. The molecule has 0 saturated carbocycles. The van der Waals surface area contributed by atoms with E-state index in [-0.39, 0.29) is 17.9 Å². The first-order valence-corrected chi connectivity index (χ1v) is 14.1. The predicted octanol–water partition coefficient (Wildman–Crippen LogP) is 4.65. The molecule has 0 bridgehead atoms. The van der Waals surface area contributed by atoms with Gasteiger partial charge in [0, 0.05) is 43.1 Å². The Labute approximate surface area is 245 Å². The first-order valence-electron chi connectivity index (χ1n) is 13.3. The van der Waals surface area contributed by atoms with E-state index in [1.165, 1.54) is 22.0 Å². The lowest BCUT2D eigenvalue weighted by Gasteiger charge is -2.25. The number of nitro groups is 1. The van der Waals surface area contributed by atoms with Gasteiger partial charge in [0.05, 0.1) is 33.4 Å². The zero-order chi connectivity index (χ0) is 30.3. The molecule has 0 fully saturated rings. The van der Waals surface area contributed by atoms with Crippen LogP contribution in [0.25, 0.3) is 17.4 Å². The number of anilines is 1. The van der Waals surface area contributed by atoms with Crippen LogP contribution >= 0.6 is 11.3 Å². The van der Waals surface area contributed by atoms with E-state index in [0.29, 0.717) is 43.3 Å². The van der Waals surface area contributed by atoms with Crippen molar-refractivity contribution in [2.24, 2.45) is 4.99 Å². The number of esters is 1. The molecule has 3 heterocycles. The van der Waals surface area contributed by atoms with Crippen molar-refractivity contribution in [2.75, 3.05) is 25.6 Å². The number of rotatable bonds is 7. The van der Waals surface area contributed by atoms with E-state index >= 15 is 0 Å². The zero-order valence-corrected chi connectivity index (χ0v) is 24.9. The van der Waals surface area contributed by atoms with Crippen molar-refractivity contribution in [3.05, 3.63) is 112 Å². The van der Waals surface area contributed by atoms with Gasteiger partial charge in [-0.2, -0.15) is 0 Å². The van der Waals surface area contributed by atoms with Gasteiger partial charge in [-0.25, -0.2) is 9.79 Å². The van der Waals surface area contributed by atoms with E-state index in [2.05, 4.69) is 4.99 Å². The van der Waals surface area contributed by atoms with E-state index < -0.39 is 16.9 Å². The number of nitrogens with zero attached hydrogens (tertiary/aromatic N) is 4. The van der Waals surface area contributed by atoms with Gasteiger partial charge >= 0.3 is 5.97 Å². The third kappa shape index (κ3) is 5.18. The first-order chi connectivity index (χ1) is 20.0. The van der Waals surface area contributed by atoms with Gasteiger partial charge in [-0.05, 0) is 69.2 Å². The van der Waals surface area contributed by atoms with Crippen LogP contribution in [0, 0.1) is 24.0 Å². The number of fused-ring (bicyclic) bond motifs is 1. The molecule has 2 aromatic carbocycles. The predicted molar refractivity (Wildman–Crippen MR) is 161 cm³/mol. The van der Waals surface area contributed by atoms with Crippen LogP contribution in [0.5, 0.6) is 0 Å². The second kappa shape index (κ2) is 11.2. The standard InChI is InChI=1S/C31H30N4O6S/c1-7-40-30(37)27-19(4)32-31-34(28(27)20-8-10-22(11-9-20)33(5)6)29(36)26(42-31)16-23-12-13-25(41-23)21-14-17(2)18(3)24(15-21)35(38)39/h8-16,28H,7H2,1-6H3/b26-16-/t28-/m0/s1. The van der Waals surface area contributed by atoms with Gasteiger partial charge in [0.1, 0.15) is 11.5 Å². The Morgan fingerprint density at radius 3 is 2.52 bits per heavy atom. The fourth-order valence-corrected chi connectivity index (χ4v) is 5.98. The number of aromatic nitrogens is 1. The molecule has 0 N–H and O–H groups in total. The Morgan fingerprint density at radius 2 is 1.88 bits per heavy atom. The molecule has 1 aliphatic heterocycles. The van der Waals surface area contributed by atoms with Crippen molar-refractivity contribution >= 4 is 34.8 Å². The normalized spacial score (nSPS) is 14.9. The lowest BCUT2D eigenvalue weighted by Crippen LogP contribution is -2.39. The Morgan fingerprint density at radius 1 is 1.17 bits per heavy atom. The summed E-state index contributed by atoms with van der Waals surface area (Å²) >= 11 is 1.19. The topological polar surface area (TPSA) is 120 Å². The molecule has 0 saturated heterocycles.